The van der Waals surface area contributed by atoms with Crippen molar-refractivity contribution < 1.29 is 8.42 Å². The second-order valence-corrected chi connectivity index (χ2v) is 7.69. The highest BCUT2D eigenvalue weighted by atomic mass is 35.5. The third-order valence-corrected chi connectivity index (χ3v) is 6.24. The van der Waals surface area contributed by atoms with Crippen molar-refractivity contribution >= 4 is 45.6 Å². The number of rotatable bonds is 2. The Morgan fingerprint density at radius 2 is 2.00 bits per heavy atom. The van der Waals surface area contributed by atoms with E-state index in [4.69, 9.17) is 0 Å². The lowest BCUT2D eigenvalue weighted by atomic mass is 10.1. The van der Waals surface area contributed by atoms with Crippen molar-refractivity contribution in [1.29, 1.82) is 0 Å². The van der Waals surface area contributed by atoms with Gasteiger partial charge in [0.1, 0.15) is 0 Å². The first-order chi connectivity index (χ1) is 10.5. The molecule has 0 unspecified atom stereocenters. The van der Waals surface area contributed by atoms with Crippen molar-refractivity contribution in [2.45, 2.75) is 31.2 Å². The molecule has 2 heterocycles. The van der Waals surface area contributed by atoms with Gasteiger partial charge in [-0.15, -0.1) is 24.8 Å². The van der Waals surface area contributed by atoms with E-state index < -0.39 is 10.0 Å². The molecular weight excluding hydrogens is 369 g/mol. The van der Waals surface area contributed by atoms with Crippen molar-refractivity contribution in [3.63, 3.8) is 0 Å². The Kier molecular flexibility index (Phi) is 7.44. The molecule has 5 nitrogen and oxygen atoms in total. The van der Waals surface area contributed by atoms with Crippen molar-refractivity contribution in [3.05, 3.63) is 36.2 Å². The Balaban J connectivity index is 0.00000144. The summed E-state index contributed by atoms with van der Waals surface area (Å²) in [4.78, 5) is 4.55. The maximum atomic E-state index is 13.2. The predicted octanol–water partition coefficient (Wildman–Crippen LogP) is 2.76. The molecule has 0 radical (unpaired) electrons. The Labute approximate surface area is 155 Å². The van der Waals surface area contributed by atoms with Crippen molar-refractivity contribution in [3.8, 4) is 0 Å². The molecule has 24 heavy (non-hydrogen) atoms. The summed E-state index contributed by atoms with van der Waals surface area (Å²) in [6, 6.07) is 5.35. The summed E-state index contributed by atoms with van der Waals surface area (Å²) in [6.07, 6.45) is 4.26. The van der Waals surface area contributed by atoms with Gasteiger partial charge in [-0.05, 0) is 38.4 Å². The van der Waals surface area contributed by atoms with Crippen LogP contribution >= 0.6 is 24.8 Å². The smallest absolute Gasteiger partial charge is 0.243 e. The van der Waals surface area contributed by atoms with E-state index in [1.54, 1.807) is 28.8 Å². The summed E-state index contributed by atoms with van der Waals surface area (Å²) in [6.45, 7) is 5.95. The van der Waals surface area contributed by atoms with Gasteiger partial charge in [0.2, 0.25) is 10.0 Å². The minimum Gasteiger partial charge on any atom is -0.315 e. The van der Waals surface area contributed by atoms with Gasteiger partial charge in [-0.1, -0.05) is 12.1 Å². The molecule has 1 aromatic carbocycles. The lowest BCUT2D eigenvalue weighted by molar-refractivity contribution is 0.354. The number of hydrogen-bond donors (Lipinski definition) is 1. The maximum absolute atomic E-state index is 13.2. The summed E-state index contributed by atoms with van der Waals surface area (Å²) < 4.78 is 28.0. The summed E-state index contributed by atoms with van der Waals surface area (Å²) in [5.74, 6) is 0. The third kappa shape index (κ3) is 3.83. The molecule has 1 N–H and O–H groups in total. The maximum Gasteiger partial charge on any atom is 0.243 e. The SMILES string of the molecule is Cc1cncc2cccc(S(=O)(=O)N3CCCNC[C@H]3C)c12.Cl.Cl. The van der Waals surface area contributed by atoms with E-state index in [0.29, 0.717) is 18.0 Å². The Morgan fingerprint density at radius 3 is 2.75 bits per heavy atom. The average molecular weight is 392 g/mol. The van der Waals surface area contributed by atoms with E-state index in [0.717, 1.165) is 29.3 Å². The van der Waals surface area contributed by atoms with Crippen LogP contribution in [0.4, 0.5) is 0 Å². The van der Waals surface area contributed by atoms with Crippen LogP contribution in [0, 0.1) is 6.92 Å². The normalized spacial score (nSPS) is 19.2. The topological polar surface area (TPSA) is 62.3 Å². The highest BCUT2D eigenvalue weighted by Crippen LogP contribution is 2.29. The summed E-state index contributed by atoms with van der Waals surface area (Å²) in [5.41, 5.74) is 0.886. The van der Waals surface area contributed by atoms with Crippen LogP contribution < -0.4 is 5.32 Å². The fraction of sp³-hybridized carbons (Fsp3) is 0.438. The van der Waals surface area contributed by atoms with Crippen molar-refractivity contribution in [1.82, 2.24) is 14.6 Å². The first kappa shape index (κ1) is 21.1. The van der Waals surface area contributed by atoms with E-state index in [9.17, 15) is 8.42 Å². The molecule has 1 saturated heterocycles. The van der Waals surface area contributed by atoms with Gasteiger partial charge in [-0.25, -0.2) is 8.42 Å². The Morgan fingerprint density at radius 1 is 1.25 bits per heavy atom. The van der Waals surface area contributed by atoms with Crippen molar-refractivity contribution in [2.24, 2.45) is 0 Å². The summed E-state index contributed by atoms with van der Waals surface area (Å²) >= 11 is 0. The van der Waals surface area contributed by atoms with Gasteiger partial charge in [-0.2, -0.15) is 4.31 Å². The van der Waals surface area contributed by atoms with Crippen LogP contribution in [0.2, 0.25) is 0 Å². The molecular formula is C16H23Cl2N3O2S. The number of halogens is 2. The zero-order valence-corrected chi connectivity index (χ0v) is 16.2. The van der Waals surface area contributed by atoms with Crippen LogP contribution in [0.5, 0.6) is 0 Å². The molecule has 3 rings (SSSR count). The molecule has 1 aliphatic rings. The van der Waals surface area contributed by atoms with Crippen LogP contribution in [0.1, 0.15) is 18.9 Å². The first-order valence-corrected chi connectivity index (χ1v) is 9.01. The van der Waals surface area contributed by atoms with Gasteiger partial charge in [0.25, 0.3) is 0 Å². The molecule has 0 saturated carbocycles. The van der Waals surface area contributed by atoms with E-state index in [-0.39, 0.29) is 30.9 Å². The van der Waals surface area contributed by atoms with Gasteiger partial charge < -0.3 is 5.32 Å². The quantitative estimate of drug-likeness (QED) is 0.854. The van der Waals surface area contributed by atoms with Crippen LogP contribution in [-0.4, -0.2) is 43.4 Å². The van der Waals surface area contributed by atoms with Gasteiger partial charge in [0.05, 0.1) is 4.90 Å². The Bertz CT molecular complexity index is 794. The van der Waals surface area contributed by atoms with Gasteiger partial charge >= 0.3 is 0 Å². The predicted molar refractivity (Wildman–Crippen MR) is 102 cm³/mol. The van der Waals surface area contributed by atoms with E-state index in [1.165, 1.54) is 0 Å². The number of hydrogen-bond acceptors (Lipinski definition) is 4. The van der Waals surface area contributed by atoms with Crippen LogP contribution in [0.25, 0.3) is 10.8 Å². The zero-order chi connectivity index (χ0) is 15.7. The molecule has 8 heteroatoms. The van der Waals surface area contributed by atoms with Gasteiger partial charge in [0, 0.05) is 42.3 Å². The fourth-order valence-corrected chi connectivity index (χ4v) is 5.02. The van der Waals surface area contributed by atoms with Crippen LogP contribution in [-0.2, 0) is 10.0 Å². The van der Waals surface area contributed by atoms with E-state index in [1.807, 2.05) is 19.9 Å². The molecule has 0 aliphatic carbocycles. The summed E-state index contributed by atoms with van der Waals surface area (Å²) in [7, 11) is -3.52. The fourth-order valence-electron chi connectivity index (χ4n) is 3.06. The number of aromatic nitrogens is 1. The second-order valence-electron chi connectivity index (χ2n) is 5.83. The summed E-state index contributed by atoms with van der Waals surface area (Å²) in [5, 5.41) is 4.93. The molecule has 0 bridgehead atoms. The van der Waals surface area contributed by atoms with Crippen molar-refractivity contribution in [2.75, 3.05) is 19.6 Å². The monoisotopic (exact) mass is 391 g/mol. The highest BCUT2D eigenvalue weighted by Gasteiger charge is 2.31. The largest absolute Gasteiger partial charge is 0.315 e. The minimum atomic E-state index is -3.52. The van der Waals surface area contributed by atoms with Crippen LogP contribution in [0.15, 0.2) is 35.5 Å². The number of aryl methyl sites for hydroxylation is 1. The van der Waals surface area contributed by atoms with Gasteiger partial charge in [0.15, 0.2) is 0 Å². The average Bonchev–Trinajstić information content (AvgIpc) is 2.72. The van der Waals surface area contributed by atoms with Crippen LogP contribution in [0.3, 0.4) is 0 Å². The number of fused-ring (bicyclic) bond motifs is 1. The highest BCUT2D eigenvalue weighted by molar-refractivity contribution is 7.89. The zero-order valence-electron chi connectivity index (χ0n) is 13.7. The molecule has 134 valence electrons. The third-order valence-electron chi connectivity index (χ3n) is 4.18. The Hall–Kier alpha value is -0.920. The number of sulfonamides is 1. The molecule has 1 atom stereocenters. The number of nitrogens with zero attached hydrogens (tertiary/aromatic N) is 2. The number of benzene rings is 1. The lowest BCUT2D eigenvalue weighted by Gasteiger charge is -2.26. The molecule has 1 aromatic heterocycles. The minimum absolute atomic E-state index is 0. The standard InChI is InChI=1S/C16H21N3O2S.2ClH/c1-12-9-18-11-14-5-3-6-15(16(12)14)22(20,21)19-8-4-7-17-10-13(19)2;;/h3,5-6,9,11,13,17H,4,7-8,10H2,1-2H3;2*1H/t13-;;/m1../s1. The molecule has 1 fully saturated rings. The number of nitrogens with one attached hydrogen (secondary N) is 1. The number of pyridine rings is 1. The molecule has 2 aromatic rings. The second kappa shape index (κ2) is 8.45. The van der Waals surface area contributed by atoms with Gasteiger partial charge in [-0.3, -0.25) is 4.98 Å². The molecule has 1 aliphatic heterocycles. The molecule has 0 spiro atoms. The lowest BCUT2D eigenvalue weighted by Crippen LogP contribution is -2.41. The molecule has 0 amide bonds. The van der Waals surface area contributed by atoms with E-state index >= 15 is 0 Å². The first-order valence-electron chi connectivity index (χ1n) is 7.57. The van der Waals surface area contributed by atoms with E-state index in [2.05, 4.69) is 10.3 Å².